The molecule has 6 nitrogen and oxygen atoms in total. The van der Waals surface area contributed by atoms with Crippen molar-refractivity contribution in [3.63, 3.8) is 0 Å². The molecule has 0 radical (unpaired) electrons. The van der Waals surface area contributed by atoms with Gasteiger partial charge in [-0.15, -0.1) is 0 Å². The Morgan fingerprint density at radius 1 is 1.56 bits per heavy atom. The van der Waals surface area contributed by atoms with Crippen LogP contribution in [0.1, 0.15) is 18.4 Å². The Bertz CT molecular complexity index is 435. The van der Waals surface area contributed by atoms with E-state index in [1.165, 1.54) is 4.90 Å². The molecule has 1 aliphatic heterocycles. The normalized spacial score (nSPS) is 18.7. The van der Waals surface area contributed by atoms with E-state index in [1.807, 2.05) is 6.07 Å². The van der Waals surface area contributed by atoms with E-state index in [1.54, 1.807) is 18.5 Å². The molecule has 2 amide bonds. The molecule has 1 fully saturated rings. The van der Waals surface area contributed by atoms with Crippen LogP contribution in [0.4, 0.5) is 4.79 Å². The summed E-state index contributed by atoms with van der Waals surface area (Å²) in [6, 6.07) is 2.62. The number of likely N-dealkylation sites (tertiary alicyclic amines) is 1. The molecular formula is C12H15N3O3. The number of amides is 2. The highest BCUT2D eigenvalue weighted by Gasteiger charge is 2.33. The van der Waals surface area contributed by atoms with Gasteiger partial charge in [0.2, 0.25) is 0 Å². The van der Waals surface area contributed by atoms with Crippen LogP contribution in [-0.4, -0.2) is 39.6 Å². The van der Waals surface area contributed by atoms with Gasteiger partial charge in [0.15, 0.2) is 0 Å². The molecule has 2 N–H and O–H groups in total. The zero-order valence-corrected chi connectivity index (χ0v) is 9.87. The highest BCUT2D eigenvalue weighted by molar-refractivity contribution is 5.83. The Balaban J connectivity index is 1.90. The van der Waals surface area contributed by atoms with Crippen molar-refractivity contribution in [2.45, 2.75) is 25.4 Å². The standard InChI is InChI=1S/C12H15N3O3/c16-11(17)10-4-2-6-15(10)12(18)14-8-9-3-1-5-13-7-9/h1,3,5,7,10H,2,4,6,8H2,(H,14,18)(H,16,17)/t10-/m1/s1. The summed E-state index contributed by atoms with van der Waals surface area (Å²) in [5, 5.41) is 11.7. The van der Waals surface area contributed by atoms with Crippen molar-refractivity contribution in [2.24, 2.45) is 0 Å². The lowest BCUT2D eigenvalue weighted by Gasteiger charge is -2.21. The minimum atomic E-state index is -0.941. The number of pyridine rings is 1. The first kappa shape index (κ1) is 12.3. The number of carboxylic acid groups (broad SMARTS) is 1. The van der Waals surface area contributed by atoms with Crippen molar-refractivity contribution < 1.29 is 14.7 Å². The molecule has 96 valence electrons. The van der Waals surface area contributed by atoms with Crippen LogP contribution in [0.3, 0.4) is 0 Å². The second-order valence-electron chi connectivity index (χ2n) is 4.21. The Hall–Kier alpha value is -2.11. The minimum Gasteiger partial charge on any atom is -0.480 e. The summed E-state index contributed by atoms with van der Waals surface area (Å²) in [4.78, 5) is 28.1. The van der Waals surface area contributed by atoms with Gasteiger partial charge >= 0.3 is 12.0 Å². The van der Waals surface area contributed by atoms with Crippen LogP contribution < -0.4 is 5.32 Å². The molecule has 1 aliphatic rings. The van der Waals surface area contributed by atoms with Gasteiger partial charge in [-0.05, 0) is 24.5 Å². The summed E-state index contributed by atoms with van der Waals surface area (Å²) in [6.07, 6.45) is 4.58. The number of aromatic nitrogens is 1. The maximum atomic E-state index is 11.9. The summed E-state index contributed by atoms with van der Waals surface area (Å²) >= 11 is 0. The first-order valence-corrected chi connectivity index (χ1v) is 5.84. The largest absolute Gasteiger partial charge is 0.480 e. The van der Waals surface area contributed by atoms with E-state index in [4.69, 9.17) is 5.11 Å². The van der Waals surface area contributed by atoms with Gasteiger partial charge in [-0.2, -0.15) is 0 Å². The summed E-state index contributed by atoms with van der Waals surface area (Å²) < 4.78 is 0. The average Bonchev–Trinajstić information content (AvgIpc) is 2.86. The number of rotatable bonds is 3. The number of urea groups is 1. The lowest BCUT2D eigenvalue weighted by molar-refractivity contribution is -0.141. The number of hydrogen-bond donors (Lipinski definition) is 2. The minimum absolute atomic E-state index is 0.330. The number of nitrogens with one attached hydrogen (secondary N) is 1. The highest BCUT2D eigenvalue weighted by Crippen LogP contribution is 2.17. The van der Waals surface area contributed by atoms with Crippen LogP contribution in [0.25, 0.3) is 0 Å². The topological polar surface area (TPSA) is 82.5 Å². The molecule has 1 saturated heterocycles. The van der Waals surface area contributed by atoms with Crippen molar-refractivity contribution in [1.29, 1.82) is 0 Å². The molecule has 6 heteroatoms. The molecule has 1 aromatic heterocycles. The Kier molecular flexibility index (Phi) is 3.76. The second kappa shape index (κ2) is 5.48. The van der Waals surface area contributed by atoms with Crippen molar-refractivity contribution >= 4 is 12.0 Å². The maximum absolute atomic E-state index is 11.9. The number of carbonyl (C=O) groups excluding carboxylic acids is 1. The molecule has 0 spiro atoms. The van der Waals surface area contributed by atoms with E-state index in [-0.39, 0.29) is 6.03 Å². The average molecular weight is 249 g/mol. The quantitative estimate of drug-likeness (QED) is 0.831. The lowest BCUT2D eigenvalue weighted by Crippen LogP contribution is -2.45. The van der Waals surface area contributed by atoms with Crippen molar-refractivity contribution in [3.05, 3.63) is 30.1 Å². The summed E-state index contributed by atoms with van der Waals surface area (Å²) in [6.45, 7) is 0.853. The van der Waals surface area contributed by atoms with E-state index in [0.29, 0.717) is 19.5 Å². The summed E-state index contributed by atoms with van der Waals surface area (Å²) in [7, 11) is 0. The molecule has 0 aromatic carbocycles. The number of aliphatic carboxylic acids is 1. The molecule has 1 atom stereocenters. The van der Waals surface area contributed by atoms with Crippen molar-refractivity contribution in [2.75, 3.05) is 6.54 Å². The molecule has 2 rings (SSSR count). The zero-order chi connectivity index (χ0) is 13.0. The third-order valence-electron chi connectivity index (χ3n) is 2.97. The fourth-order valence-corrected chi connectivity index (χ4v) is 2.05. The van der Waals surface area contributed by atoms with Gasteiger partial charge in [-0.25, -0.2) is 9.59 Å². The molecule has 1 aromatic rings. The monoisotopic (exact) mass is 249 g/mol. The molecule has 0 unspecified atom stereocenters. The van der Waals surface area contributed by atoms with Crippen LogP contribution >= 0.6 is 0 Å². The van der Waals surface area contributed by atoms with Gasteiger partial charge < -0.3 is 15.3 Å². The predicted molar refractivity (Wildman–Crippen MR) is 63.8 cm³/mol. The highest BCUT2D eigenvalue weighted by atomic mass is 16.4. The Labute approximate surface area is 105 Å². The van der Waals surface area contributed by atoms with Crippen LogP contribution in [0, 0.1) is 0 Å². The first-order valence-electron chi connectivity index (χ1n) is 5.84. The Morgan fingerprint density at radius 3 is 3.06 bits per heavy atom. The molecule has 18 heavy (non-hydrogen) atoms. The zero-order valence-electron chi connectivity index (χ0n) is 9.87. The van der Waals surface area contributed by atoms with E-state index in [0.717, 1.165) is 12.0 Å². The molecular weight excluding hydrogens is 234 g/mol. The van der Waals surface area contributed by atoms with E-state index in [9.17, 15) is 9.59 Å². The second-order valence-corrected chi connectivity index (χ2v) is 4.21. The third kappa shape index (κ3) is 2.77. The molecule has 2 heterocycles. The number of hydrogen-bond acceptors (Lipinski definition) is 3. The van der Waals surface area contributed by atoms with E-state index in [2.05, 4.69) is 10.3 Å². The Morgan fingerprint density at radius 2 is 2.39 bits per heavy atom. The van der Waals surface area contributed by atoms with Gasteiger partial charge in [0.05, 0.1) is 0 Å². The maximum Gasteiger partial charge on any atom is 0.326 e. The third-order valence-corrected chi connectivity index (χ3v) is 2.97. The number of carboxylic acids is 1. The van der Waals surface area contributed by atoms with E-state index < -0.39 is 12.0 Å². The molecule has 0 bridgehead atoms. The summed E-state index contributed by atoms with van der Waals surface area (Å²) in [5.41, 5.74) is 0.886. The predicted octanol–water partition coefficient (Wildman–Crippen LogP) is 0.840. The lowest BCUT2D eigenvalue weighted by atomic mass is 10.2. The molecule has 0 aliphatic carbocycles. The smallest absolute Gasteiger partial charge is 0.326 e. The van der Waals surface area contributed by atoms with Gasteiger partial charge in [-0.1, -0.05) is 6.07 Å². The fraction of sp³-hybridized carbons (Fsp3) is 0.417. The SMILES string of the molecule is O=C(O)[C@H]1CCCN1C(=O)NCc1cccnc1. The van der Waals surface area contributed by atoms with E-state index >= 15 is 0 Å². The molecule has 0 saturated carbocycles. The first-order chi connectivity index (χ1) is 8.68. The van der Waals surface area contributed by atoms with Crippen LogP contribution in [-0.2, 0) is 11.3 Å². The van der Waals surface area contributed by atoms with Gasteiger partial charge in [0, 0.05) is 25.5 Å². The van der Waals surface area contributed by atoms with Crippen LogP contribution in [0.5, 0.6) is 0 Å². The van der Waals surface area contributed by atoms with Gasteiger partial charge in [-0.3, -0.25) is 4.98 Å². The van der Waals surface area contributed by atoms with Crippen molar-refractivity contribution in [3.8, 4) is 0 Å². The van der Waals surface area contributed by atoms with Crippen LogP contribution in [0.15, 0.2) is 24.5 Å². The van der Waals surface area contributed by atoms with Crippen molar-refractivity contribution in [1.82, 2.24) is 15.2 Å². The number of carbonyl (C=O) groups is 2. The van der Waals surface area contributed by atoms with Crippen LogP contribution in [0.2, 0.25) is 0 Å². The summed E-state index contributed by atoms with van der Waals surface area (Å²) in [5.74, 6) is -0.941. The fourth-order valence-electron chi connectivity index (χ4n) is 2.05. The van der Waals surface area contributed by atoms with Gasteiger partial charge in [0.25, 0.3) is 0 Å². The number of nitrogens with zero attached hydrogens (tertiary/aromatic N) is 2. The van der Waals surface area contributed by atoms with Gasteiger partial charge in [0.1, 0.15) is 6.04 Å².